The number of hydrogen-bond acceptors (Lipinski definition) is 5. The molecule has 0 saturated carbocycles. The summed E-state index contributed by atoms with van der Waals surface area (Å²) >= 11 is 0.973. The Bertz CT molecular complexity index is 1250. The van der Waals surface area contributed by atoms with E-state index in [0.29, 0.717) is 17.7 Å². The second-order valence-corrected chi connectivity index (χ2v) is 9.73. The zero-order valence-electron chi connectivity index (χ0n) is 19.6. The minimum atomic E-state index is -4.43. The molecule has 0 aromatic heterocycles. The summed E-state index contributed by atoms with van der Waals surface area (Å²) in [6.07, 6.45) is -4.04. The molecule has 3 unspecified atom stereocenters. The van der Waals surface area contributed by atoms with Crippen LogP contribution in [0.2, 0.25) is 0 Å². The second-order valence-electron chi connectivity index (χ2n) is 8.55. The van der Waals surface area contributed by atoms with Crippen LogP contribution in [0.3, 0.4) is 0 Å². The Labute approximate surface area is 211 Å². The van der Waals surface area contributed by atoms with E-state index in [0.717, 1.165) is 40.6 Å². The molecule has 5 nitrogen and oxygen atoms in total. The van der Waals surface area contributed by atoms with Crippen LogP contribution in [0, 0.1) is 0 Å². The first-order chi connectivity index (χ1) is 17.1. The van der Waals surface area contributed by atoms with E-state index in [9.17, 15) is 22.8 Å². The van der Waals surface area contributed by atoms with Gasteiger partial charge in [0.05, 0.1) is 24.0 Å². The molecule has 1 aliphatic rings. The molecule has 0 aliphatic carbocycles. The average molecular weight is 515 g/mol. The maximum atomic E-state index is 13.3. The Balaban J connectivity index is 1.64. The molecule has 1 fully saturated rings. The fourth-order valence-electron chi connectivity index (χ4n) is 4.15. The van der Waals surface area contributed by atoms with Gasteiger partial charge in [0.1, 0.15) is 5.75 Å². The topological polar surface area (TPSA) is 67.4 Å². The summed E-state index contributed by atoms with van der Waals surface area (Å²) in [5.74, 6) is 0.379. The van der Waals surface area contributed by atoms with Crippen LogP contribution >= 0.6 is 11.8 Å². The van der Waals surface area contributed by atoms with Crippen molar-refractivity contribution in [1.29, 1.82) is 0 Å². The first-order valence-electron chi connectivity index (χ1n) is 11.3. The fourth-order valence-corrected chi connectivity index (χ4v) is 5.01. The molecular weight excluding hydrogens is 489 g/mol. The van der Waals surface area contributed by atoms with Gasteiger partial charge in [0.15, 0.2) is 0 Å². The maximum absolute atomic E-state index is 13.3. The number of carbonyl (C=O) groups is 2. The minimum absolute atomic E-state index is 0.307. The van der Waals surface area contributed by atoms with Crippen LogP contribution in [0.25, 0.3) is 0 Å². The SMILES string of the molecule is COc1ccc(C(NC(C)c2cccc(C(F)(F)F)c2)c2cccc(CC3SC(=O)NC3=O)c2)cc1. The molecular formula is C27H25F3N2O3S. The summed E-state index contributed by atoms with van der Waals surface area (Å²) in [6, 6.07) is 19.6. The predicted octanol–water partition coefficient (Wildman–Crippen LogP) is 6.05. The average Bonchev–Trinajstić information content (AvgIpc) is 3.18. The van der Waals surface area contributed by atoms with Crippen LogP contribution in [0.5, 0.6) is 5.75 Å². The number of ether oxygens (including phenoxy) is 1. The molecule has 2 N–H and O–H groups in total. The number of rotatable bonds is 8. The fraction of sp³-hybridized carbons (Fsp3) is 0.259. The number of halogens is 3. The molecule has 3 aromatic rings. The minimum Gasteiger partial charge on any atom is -0.497 e. The van der Waals surface area contributed by atoms with Gasteiger partial charge in [0.2, 0.25) is 5.91 Å². The number of hydrogen-bond donors (Lipinski definition) is 2. The standard InChI is InChI=1S/C27H25F3N2O3S/c1-16(19-6-4-8-21(15-19)27(28,29)30)31-24(18-9-11-22(35-2)12-10-18)20-7-3-5-17(13-20)14-23-25(33)32-26(34)36-23/h3-13,15-16,23-24,31H,14H2,1-2H3,(H,32,33,34). The maximum Gasteiger partial charge on any atom is 0.416 e. The molecule has 1 aliphatic heterocycles. The van der Waals surface area contributed by atoms with Gasteiger partial charge in [-0.1, -0.05) is 60.3 Å². The Morgan fingerprint density at radius 2 is 1.67 bits per heavy atom. The number of thioether (sulfide) groups is 1. The van der Waals surface area contributed by atoms with Gasteiger partial charge in [-0.2, -0.15) is 13.2 Å². The summed E-state index contributed by atoms with van der Waals surface area (Å²) < 4.78 is 45.1. The Kier molecular flexibility index (Phi) is 7.70. The summed E-state index contributed by atoms with van der Waals surface area (Å²) in [6.45, 7) is 1.82. The highest BCUT2D eigenvalue weighted by Gasteiger charge is 2.32. The van der Waals surface area contributed by atoms with Crippen molar-refractivity contribution in [2.45, 2.75) is 36.9 Å². The highest BCUT2D eigenvalue weighted by molar-refractivity contribution is 8.15. The van der Waals surface area contributed by atoms with Crippen molar-refractivity contribution < 1.29 is 27.5 Å². The van der Waals surface area contributed by atoms with Crippen molar-refractivity contribution in [3.05, 3.63) is 101 Å². The van der Waals surface area contributed by atoms with Crippen molar-refractivity contribution in [1.82, 2.24) is 10.6 Å². The van der Waals surface area contributed by atoms with Crippen molar-refractivity contribution in [2.75, 3.05) is 7.11 Å². The van der Waals surface area contributed by atoms with Crippen LogP contribution in [-0.4, -0.2) is 23.5 Å². The monoisotopic (exact) mass is 514 g/mol. The van der Waals surface area contributed by atoms with E-state index in [1.165, 1.54) is 6.07 Å². The van der Waals surface area contributed by atoms with Gasteiger partial charge in [0.25, 0.3) is 5.24 Å². The molecule has 2 amide bonds. The van der Waals surface area contributed by atoms with Crippen molar-refractivity contribution >= 4 is 22.9 Å². The molecule has 1 heterocycles. The number of benzene rings is 3. The Morgan fingerprint density at radius 1 is 0.972 bits per heavy atom. The molecule has 1 saturated heterocycles. The molecule has 3 aromatic carbocycles. The van der Waals surface area contributed by atoms with Crippen molar-refractivity contribution in [3.8, 4) is 5.75 Å². The summed E-state index contributed by atoms with van der Waals surface area (Å²) in [5.41, 5.74) is 2.47. The lowest BCUT2D eigenvalue weighted by atomic mass is 9.94. The van der Waals surface area contributed by atoms with Crippen molar-refractivity contribution in [2.24, 2.45) is 0 Å². The van der Waals surface area contributed by atoms with Gasteiger partial charge in [-0.25, -0.2) is 0 Å². The molecule has 188 valence electrons. The number of alkyl halides is 3. The summed E-state index contributed by atoms with van der Waals surface area (Å²) in [4.78, 5) is 23.6. The summed E-state index contributed by atoms with van der Waals surface area (Å²) in [7, 11) is 1.58. The van der Waals surface area contributed by atoms with Gasteiger partial charge >= 0.3 is 6.18 Å². The van der Waals surface area contributed by atoms with E-state index in [1.807, 2.05) is 55.5 Å². The lowest BCUT2D eigenvalue weighted by molar-refractivity contribution is -0.137. The highest BCUT2D eigenvalue weighted by atomic mass is 32.2. The third kappa shape index (κ3) is 6.09. The number of nitrogens with one attached hydrogen (secondary N) is 2. The molecule has 0 spiro atoms. The van der Waals surface area contributed by atoms with Gasteiger partial charge in [-0.15, -0.1) is 0 Å². The van der Waals surface area contributed by atoms with E-state index in [2.05, 4.69) is 10.6 Å². The van der Waals surface area contributed by atoms with Gasteiger partial charge in [-0.3, -0.25) is 20.2 Å². The lowest BCUT2D eigenvalue weighted by Gasteiger charge is -2.26. The van der Waals surface area contributed by atoms with E-state index >= 15 is 0 Å². The van der Waals surface area contributed by atoms with Gasteiger partial charge < -0.3 is 4.74 Å². The third-order valence-corrected chi connectivity index (χ3v) is 7.03. The molecule has 0 radical (unpaired) electrons. The zero-order chi connectivity index (χ0) is 25.9. The van der Waals surface area contributed by atoms with Gasteiger partial charge in [-0.05, 0) is 59.9 Å². The Morgan fingerprint density at radius 3 is 2.31 bits per heavy atom. The number of methoxy groups -OCH3 is 1. The first-order valence-corrected chi connectivity index (χ1v) is 12.2. The van der Waals surface area contributed by atoms with Crippen LogP contribution in [0.1, 0.15) is 46.8 Å². The number of carbonyl (C=O) groups excluding carboxylic acids is 2. The van der Waals surface area contributed by atoms with E-state index in [-0.39, 0.29) is 17.2 Å². The molecule has 9 heteroatoms. The normalized spacial score (nSPS) is 17.5. The first kappa shape index (κ1) is 25.8. The van der Waals surface area contributed by atoms with Gasteiger partial charge in [0, 0.05) is 6.04 Å². The third-order valence-electron chi connectivity index (χ3n) is 6.05. The van der Waals surface area contributed by atoms with E-state index in [1.54, 1.807) is 13.2 Å². The highest BCUT2D eigenvalue weighted by Crippen LogP contribution is 2.33. The smallest absolute Gasteiger partial charge is 0.416 e. The summed E-state index contributed by atoms with van der Waals surface area (Å²) in [5, 5.41) is 4.92. The number of imide groups is 1. The molecule has 36 heavy (non-hydrogen) atoms. The van der Waals surface area contributed by atoms with Crippen LogP contribution < -0.4 is 15.4 Å². The largest absolute Gasteiger partial charge is 0.497 e. The van der Waals surface area contributed by atoms with Crippen LogP contribution in [-0.2, 0) is 17.4 Å². The van der Waals surface area contributed by atoms with Crippen LogP contribution in [0.4, 0.5) is 18.0 Å². The Hall–Kier alpha value is -3.30. The predicted molar refractivity (Wildman–Crippen MR) is 133 cm³/mol. The molecule has 0 bridgehead atoms. The zero-order valence-corrected chi connectivity index (χ0v) is 20.5. The van der Waals surface area contributed by atoms with E-state index < -0.39 is 23.0 Å². The lowest BCUT2D eigenvalue weighted by Crippen LogP contribution is -2.27. The van der Waals surface area contributed by atoms with Crippen LogP contribution in [0.15, 0.2) is 72.8 Å². The number of amides is 2. The van der Waals surface area contributed by atoms with Crippen molar-refractivity contribution in [3.63, 3.8) is 0 Å². The molecule has 3 atom stereocenters. The second kappa shape index (κ2) is 10.8. The quantitative estimate of drug-likeness (QED) is 0.383. The van der Waals surface area contributed by atoms with E-state index in [4.69, 9.17) is 4.74 Å². The molecule has 4 rings (SSSR count).